The minimum absolute atomic E-state index is 0.613. The molecule has 0 N–H and O–H groups in total. The highest BCUT2D eigenvalue weighted by Crippen LogP contribution is 2.24. The van der Waals surface area contributed by atoms with Gasteiger partial charge < -0.3 is 9.64 Å². The average molecular weight is 272 g/mol. The summed E-state index contributed by atoms with van der Waals surface area (Å²) in [5.41, 5.74) is 0.613. The molecule has 0 saturated heterocycles. The number of nitrogens with zero attached hydrogens (tertiary/aromatic N) is 2. The summed E-state index contributed by atoms with van der Waals surface area (Å²) < 4.78 is 5.72. The van der Waals surface area contributed by atoms with Gasteiger partial charge in [0.1, 0.15) is 18.4 Å². The maximum absolute atomic E-state index is 9.00. The van der Waals surface area contributed by atoms with Crippen LogP contribution in [-0.2, 0) is 0 Å². The van der Waals surface area contributed by atoms with Crippen molar-refractivity contribution in [2.75, 3.05) is 26.7 Å². The SMILES string of the molecule is CN(CCOc1ccccc1C#N)CC1CCCCC1. The molecular formula is C17H24N2O. The smallest absolute Gasteiger partial charge is 0.137 e. The lowest BCUT2D eigenvalue weighted by Gasteiger charge is -2.26. The summed E-state index contributed by atoms with van der Waals surface area (Å²) in [5, 5.41) is 9.00. The molecule has 0 aliphatic heterocycles. The number of benzene rings is 1. The second-order valence-electron chi connectivity index (χ2n) is 5.72. The van der Waals surface area contributed by atoms with Crippen molar-refractivity contribution < 1.29 is 4.74 Å². The van der Waals surface area contributed by atoms with Crippen molar-refractivity contribution in [3.63, 3.8) is 0 Å². The molecule has 1 aromatic rings. The fourth-order valence-corrected chi connectivity index (χ4v) is 2.90. The summed E-state index contributed by atoms with van der Waals surface area (Å²) in [6.45, 7) is 2.72. The molecule has 2 rings (SSSR count). The minimum Gasteiger partial charge on any atom is -0.491 e. The first kappa shape index (κ1) is 14.9. The van der Waals surface area contributed by atoms with E-state index in [2.05, 4.69) is 18.0 Å². The van der Waals surface area contributed by atoms with E-state index in [1.165, 1.54) is 38.6 Å². The Hall–Kier alpha value is -1.53. The topological polar surface area (TPSA) is 36.3 Å². The number of hydrogen-bond donors (Lipinski definition) is 0. The lowest BCUT2D eigenvalue weighted by Crippen LogP contribution is -2.30. The monoisotopic (exact) mass is 272 g/mol. The second kappa shape index (κ2) is 7.91. The number of hydrogen-bond acceptors (Lipinski definition) is 3. The largest absolute Gasteiger partial charge is 0.491 e. The van der Waals surface area contributed by atoms with Crippen LogP contribution in [0.1, 0.15) is 37.7 Å². The molecule has 0 atom stereocenters. The third-order valence-electron chi connectivity index (χ3n) is 4.03. The summed E-state index contributed by atoms with van der Waals surface area (Å²) >= 11 is 0. The number of ether oxygens (including phenoxy) is 1. The van der Waals surface area contributed by atoms with Crippen molar-refractivity contribution in [3.8, 4) is 11.8 Å². The zero-order valence-corrected chi connectivity index (χ0v) is 12.3. The molecule has 0 radical (unpaired) electrons. The van der Waals surface area contributed by atoms with E-state index in [0.717, 1.165) is 12.5 Å². The number of para-hydroxylation sites is 1. The van der Waals surface area contributed by atoms with Gasteiger partial charge in [-0.1, -0.05) is 31.4 Å². The van der Waals surface area contributed by atoms with Gasteiger partial charge in [0.2, 0.25) is 0 Å². The molecule has 0 amide bonds. The van der Waals surface area contributed by atoms with Gasteiger partial charge >= 0.3 is 0 Å². The van der Waals surface area contributed by atoms with Gasteiger partial charge in [0.25, 0.3) is 0 Å². The van der Waals surface area contributed by atoms with Crippen LogP contribution in [0.4, 0.5) is 0 Å². The summed E-state index contributed by atoms with van der Waals surface area (Å²) in [6.07, 6.45) is 6.95. The highest BCUT2D eigenvalue weighted by atomic mass is 16.5. The van der Waals surface area contributed by atoms with E-state index >= 15 is 0 Å². The molecule has 1 aromatic carbocycles. The molecule has 0 unspecified atom stereocenters. The highest BCUT2D eigenvalue weighted by molar-refractivity contribution is 5.42. The third-order valence-corrected chi connectivity index (χ3v) is 4.03. The molecule has 108 valence electrons. The van der Waals surface area contributed by atoms with Gasteiger partial charge in [-0.2, -0.15) is 5.26 Å². The first-order chi connectivity index (χ1) is 9.79. The predicted molar refractivity (Wildman–Crippen MR) is 80.7 cm³/mol. The van der Waals surface area contributed by atoms with Crippen LogP contribution in [0.5, 0.6) is 5.75 Å². The molecule has 0 heterocycles. The summed E-state index contributed by atoms with van der Waals surface area (Å²) in [7, 11) is 2.16. The normalized spacial score (nSPS) is 16.1. The molecule has 1 aliphatic rings. The van der Waals surface area contributed by atoms with E-state index in [-0.39, 0.29) is 0 Å². The van der Waals surface area contributed by atoms with Gasteiger partial charge in [0, 0.05) is 13.1 Å². The Morgan fingerprint density at radius 3 is 2.75 bits per heavy atom. The van der Waals surface area contributed by atoms with Crippen LogP contribution in [0.25, 0.3) is 0 Å². The van der Waals surface area contributed by atoms with E-state index in [9.17, 15) is 0 Å². The fourth-order valence-electron chi connectivity index (χ4n) is 2.90. The molecule has 3 nitrogen and oxygen atoms in total. The van der Waals surface area contributed by atoms with Gasteiger partial charge in [-0.05, 0) is 37.9 Å². The van der Waals surface area contributed by atoms with E-state index in [1.54, 1.807) is 6.07 Å². The van der Waals surface area contributed by atoms with E-state index in [4.69, 9.17) is 10.00 Å². The molecule has 0 aromatic heterocycles. The molecule has 0 spiro atoms. The Kier molecular flexibility index (Phi) is 5.88. The quantitative estimate of drug-likeness (QED) is 0.796. The van der Waals surface area contributed by atoms with Crippen LogP contribution in [0.2, 0.25) is 0 Å². The summed E-state index contributed by atoms with van der Waals surface area (Å²) in [4.78, 5) is 2.35. The van der Waals surface area contributed by atoms with Crippen molar-refractivity contribution in [2.45, 2.75) is 32.1 Å². The van der Waals surface area contributed by atoms with Crippen LogP contribution in [0, 0.1) is 17.2 Å². The van der Waals surface area contributed by atoms with Gasteiger partial charge in [-0.25, -0.2) is 0 Å². The Balaban J connectivity index is 1.71. The van der Waals surface area contributed by atoms with E-state index in [1.807, 2.05) is 18.2 Å². The Morgan fingerprint density at radius 1 is 1.25 bits per heavy atom. The van der Waals surface area contributed by atoms with Gasteiger partial charge in [-0.3, -0.25) is 0 Å². The van der Waals surface area contributed by atoms with Crippen molar-refractivity contribution in [2.24, 2.45) is 5.92 Å². The summed E-state index contributed by atoms with van der Waals surface area (Å²) in [6, 6.07) is 9.58. The first-order valence-corrected chi connectivity index (χ1v) is 7.60. The van der Waals surface area contributed by atoms with Gasteiger partial charge in [0.15, 0.2) is 0 Å². The zero-order chi connectivity index (χ0) is 14.2. The van der Waals surface area contributed by atoms with Crippen molar-refractivity contribution in [3.05, 3.63) is 29.8 Å². The van der Waals surface area contributed by atoms with Crippen molar-refractivity contribution in [1.82, 2.24) is 4.90 Å². The maximum Gasteiger partial charge on any atom is 0.137 e. The molecule has 0 bridgehead atoms. The molecule has 1 aliphatic carbocycles. The van der Waals surface area contributed by atoms with Gasteiger partial charge in [0.05, 0.1) is 5.56 Å². The highest BCUT2D eigenvalue weighted by Gasteiger charge is 2.15. The Labute approximate surface area is 122 Å². The third kappa shape index (κ3) is 4.54. The van der Waals surface area contributed by atoms with Crippen LogP contribution in [-0.4, -0.2) is 31.6 Å². The number of rotatable bonds is 6. The average Bonchev–Trinajstić information content (AvgIpc) is 2.49. The summed E-state index contributed by atoms with van der Waals surface area (Å²) in [5.74, 6) is 1.56. The maximum atomic E-state index is 9.00. The molecule has 1 fully saturated rings. The lowest BCUT2D eigenvalue weighted by molar-refractivity contribution is 0.195. The number of nitriles is 1. The molecule has 3 heteroatoms. The zero-order valence-electron chi connectivity index (χ0n) is 12.3. The minimum atomic E-state index is 0.613. The molecular weight excluding hydrogens is 248 g/mol. The van der Waals surface area contributed by atoms with Gasteiger partial charge in [-0.15, -0.1) is 0 Å². The Morgan fingerprint density at radius 2 is 2.00 bits per heavy atom. The molecule has 1 saturated carbocycles. The van der Waals surface area contributed by atoms with Crippen molar-refractivity contribution >= 4 is 0 Å². The van der Waals surface area contributed by atoms with Crippen LogP contribution >= 0.6 is 0 Å². The van der Waals surface area contributed by atoms with Crippen LogP contribution in [0.15, 0.2) is 24.3 Å². The second-order valence-corrected chi connectivity index (χ2v) is 5.72. The first-order valence-electron chi connectivity index (χ1n) is 7.60. The Bertz CT molecular complexity index is 447. The van der Waals surface area contributed by atoms with Crippen molar-refractivity contribution in [1.29, 1.82) is 5.26 Å². The molecule has 20 heavy (non-hydrogen) atoms. The lowest BCUT2D eigenvalue weighted by atomic mass is 9.89. The number of likely N-dealkylation sites (N-methyl/N-ethyl adjacent to an activating group) is 1. The van der Waals surface area contributed by atoms with E-state index in [0.29, 0.717) is 17.9 Å². The van der Waals surface area contributed by atoms with Crippen LogP contribution in [0.3, 0.4) is 0 Å². The predicted octanol–water partition coefficient (Wildman–Crippen LogP) is 3.45. The van der Waals surface area contributed by atoms with E-state index < -0.39 is 0 Å². The van der Waals surface area contributed by atoms with Crippen LogP contribution < -0.4 is 4.74 Å². The standard InChI is InChI=1S/C17H24N2O/c1-19(14-15-7-3-2-4-8-15)11-12-20-17-10-6-5-9-16(17)13-18/h5-6,9-10,15H,2-4,7-8,11-12,14H2,1H3. The fraction of sp³-hybridized carbons (Fsp3) is 0.588.